The van der Waals surface area contributed by atoms with Crippen molar-refractivity contribution in [2.24, 2.45) is 4.99 Å². The molecule has 1 aromatic heterocycles. The van der Waals surface area contributed by atoms with Crippen molar-refractivity contribution in [3.05, 3.63) is 16.0 Å². The third-order valence-corrected chi connectivity index (χ3v) is 4.39. The van der Waals surface area contributed by atoms with Gasteiger partial charge in [0.15, 0.2) is 12.1 Å². The molecule has 1 aromatic rings. The summed E-state index contributed by atoms with van der Waals surface area (Å²) in [5.41, 5.74) is 1.81. The van der Waals surface area contributed by atoms with Crippen LogP contribution in [-0.4, -0.2) is 31.1 Å². The number of amides is 1. The summed E-state index contributed by atoms with van der Waals surface area (Å²) in [5, 5.41) is 6.52. The lowest BCUT2D eigenvalue weighted by Crippen LogP contribution is -2.39. The maximum Gasteiger partial charge on any atom is 0.286 e. The molecule has 1 aliphatic carbocycles. The van der Waals surface area contributed by atoms with E-state index in [9.17, 15) is 9.59 Å². The second kappa shape index (κ2) is 6.17. The van der Waals surface area contributed by atoms with E-state index in [0.717, 1.165) is 36.1 Å². The van der Waals surface area contributed by atoms with Crippen molar-refractivity contribution in [2.45, 2.75) is 39.2 Å². The number of carbonyl (C=O) groups excluding carboxylic acids is 2. The van der Waals surface area contributed by atoms with Gasteiger partial charge >= 0.3 is 0 Å². The summed E-state index contributed by atoms with van der Waals surface area (Å²) in [7, 11) is 1.56. The molecule has 1 amide bonds. The Morgan fingerprint density at radius 2 is 2.15 bits per heavy atom. The molecule has 0 aromatic carbocycles. The normalized spacial score (nSPS) is 14.3. The molecule has 0 saturated heterocycles. The first-order valence-corrected chi connectivity index (χ1v) is 7.52. The quantitative estimate of drug-likeness (QED) is 0.509. The van der Waals surface area contributed by atoms with Gasteiger partial charge in [0.05, 0.1) is 5.56 Å². The zero-order chi connectivity index (χ0) is 14.7. The van der Waals surface area contributed by atoms with Gasteiger partial charge in [0.1, 0.15) is 5.00 Å². The summed E-state index contributed by atoms with van der Waals surface area (Å²) >= 11 is 1.55. The highest BCUT2D eigenvalue weighted by Crippen LogP contribution is 2.38. The van der Waals surface area contributed by atoms with Gasteiger partial charge < -0.3 is 10.6 Å². The van der Waals surface area contributed by atoms with E-state index in [2.05, 4.69) is 15.6 Å². The van der Waals surface area contributed by atoms with Crippen molar-refractivity contribution in [3.8, 4) is 0 Å². The summed E-state index contributed by atoms with van der Waals surface area (Å²) in [6.07, 6.45) is 3.93. The molecule has 0 bridgehead atoms. The van der Waals surface area contributed by atoms with Gasteiger partial charge in [-0.25, -0.2) is 0 Å². The minimum Gasteiger partial charge on any atom is -0.347 e. The fourth-order valence-electron chi connectivity index (χ4n) is 2.30. The van der Waals surface area contributed by atoms with Crippen LogP contribution in [-0.2, 0) is 17.6 Å². The molecule has 0 spiro atoms. The minimum absolute atomic E-state index is 0.0416. The van der Waals surface area contributed by atoms with Crippen LogP contribution in [0.15, 0.2) is 4.99 Å². The summed E-state index contributed by atoms with van der Waals surface area (Å²) in [4.78, 5) is 28.5. The number of aliphatic imine (C=N–C) groups is 1. The van der Waals surface area contributed by atoms with Crippen LogP contribution >= 0.6 is 11.3 Å². The summed E-state index contributed by atoms with van der Waals surface area (Å²) in [5.74, 6) is -0.0189. The van der Waals surface area contributed by atoms with Gasteiger partial charge in [0.2, 0.25) is 0 Å². The number of carbonyl (C=O) groups is 2. The number of fused-ring (bicyclic) bond motifs is 1. The van der Waals surface area contributed by atoms with E-state index >= 15 is 0 Å². The number of thiophene rings is 1. The van der Waals surface area contributed by atoms with Crippen LogP contribution in [0.25, 0.3) is 0 Å². The maximum atomic E-state index is 12.0. The van der Waals surface area contributed by atoms with E-state index in [1.54, 1.807) is 18.4 Å². The third kappa shape index (κ3) is 2.90. The summed E-state index contributed by atoms with van der Waals surface area (Å²) in [6.45, 7) is 3.78. The average molecular weight is 293 g/mol. The van der Waals surface area contributed by atoms with Crippen LogP contribution in [0.1, 0.15) is 41.1 Å². The number of nitrogens with one attached hydrogen (secondary N) is 2. The Morgan fingerprint density at radius 3 is 2.75 bits per heavy atom. The first-order chi connectivity index (χ1) is 9.56. The first kappa shape index (κ1) is 14.7. The second-order valence-corrected chi connectivity index (χ2v) is 6.15. The molecule has 2 rings (SSSR count). The van der Waals surface area contributed by atoms with Gasteiger partial charge in [-0.15, -0.1) is 11.3 Å². The van der Waals surface area contributed by atoms with E-state index in [-0.39, 0.29) is 17.8 Å². The Morgan fingerprint density at radius 1 is 1.40 bits per heavy atom. The molecule has 5 nitrogen and oxygen atoms in total. The molecule has 0 radical (unpaired) electrons. The largest absolute Gasteiger partial charge is 0.347 e. The Balaban J connectivity index is 2.21. The van der Waals surface area contributed by atoms with Gasteiger partial charge in [-0.2, -0.15) is 0 Å². The van der Waals surface area contributed by atoms with Crippen molar-refractivity contribution >= 4 is 34.4 Å². The lowest BCUT2D eigenvalue weighted by Gasteiger charge is -2.11. The zero-order valence-corrected chi connectivity index (χ0v) is 12.8. The van der Waals surface area contributed by atoms with Gasteiger partial charge in [0.25, 0.3) is 5.91 Å². The van der Waals surface area contributed by atoms with Gasteiger partial charge in [-0.1, -0.05) is 0 Å². The van der Waals surface area contributed by atoms with E-state index in [0.29, 0.717) is 5.56 Å². The van der Waals surface area contributed by atoms with E-state index in [1.165, 1.54) is 4.88 Å². The number of anilines is 1. The number of amidine groups is 1. The molecule has 6 heteroatoms. The van der Waals surface area contributed by atoms with E-state index in [1.807, 2.05) is 13.8 Å². The van der Waals surface area contributed by atoms with Gasteiger partial charge in [-0.3, -0.25) is 14.6 Å². The van der Waals surface area contributed by atoms with Crippen molar-refractivity contribution in [3.63, 3.8) is 0 Å². The lowest BCUT2D eigenvalue weighted by atomic mass is 10.1. The topological polar surface area (TPSA) is 70.6 Å². The smallest absolute Gasteiger partial charge is 0.286 e. The first-order valence-electron chi connectivity index (χ1n) is 6.71. The molecule has 2 N–H and O–H groups in total. The number of hydrogen-bond donors (Lipinski definition) is 2. The molecule has 108 valence electrons. The highest BCUT2D eigenvalue weighted by molar-refractivity contribution is 7.17. The molecule has 0 atom stereocenters. The van der Waals surface area contributed by atoms with Crippen molar-refractivity contribution in [1.82, 2.24) is 5.32 Å². The van der Waals surface area contributed by atoms with Crippen molar-refractivity contribution < 1.29 is 9.59 Å². The van der Waals surface area contributed by atoms with Gasteiger partial charge in [0, 0.05) is 18.0 Å². The van der Waals surface area contributed by atoms with Crippen LogP contribution in [0.2, 0.25) is 0 Å². The molecule has 20 heavy (non-hydrogen) atoms. The van der Waals surface area contributed by atoms with Crippen LogP contribution in [0.4, 0.5) is 5.00 Å². The van der Waals surface area contributed by atoms with Gasteiger partial charge in [-0.05, 0) is 38.7 Å². The van der Waals surface area contributed by atoms with Crippen LogP contribution in [0.5, 0.6) is 0 Å². The second-order valence-electron chi connectivity index (χ2n) is 5.04. The van der Waals surface area contributed by atoms with Crippen molar-refractivity contribution in [1.29, 1.82) is 0 Å². The standard InChI is InChI=1S/C14H19N3O2S/c1-8(2)16-13(19)12(15-3)17-14-10(7-18)9-5-4-6-11(9)20-14/h7-8H,4-6H2,1-3H3,(H,15,17)(H,16,19). The van der Waals surface area contributed by atoms with Crippen LogP contribution in [0.3, 0.4) is 0 Å². The van der Waals surface area contributed by atoms with Crippen LogP contribution in [0, 0.1) is 0 Å². The Hall–Kier alpha value is -1.69. The zero-order valence-electron chi connectivity index (χ0n) is 11.9. The third-order valence-electron chi connectivity index (χ3n) is 3.17. The fourth-order valence-corrected chi connectivity index (χ4v) is 3.56. The van der Waals surface area contributed by atoms with Crippen LogP contribution < -0.4 is 10.6 Å². The monoisotopic (exact) mass is 293 g/mol. The average Bonchev–Trinajstić information content (AvgIpc) is 2.94. The Labute approximate surface area is 122 Å². The molecule has 0 aliphatic heterocycles. The fraction of sp³-hybridized carbons (Fsp3) is 0.500. The number of nitrogens with zero attached hydrogens (tertiary/aromatic N) is 1. The molecule has 0 saturated carbocycles. The Kier molecular flexibility index (Phi) is 4.54. The van der Waals surface area contributed by atoms with E-state index in [4.69, 9.17) is 0 Å². The number of hydrogen-bond acceptors (Lipinski definition) is 4. The molecule has 0 fully saturated rings. The summed E-state index contributed by atoms with van der Waals surface area (Å²) < 4.78 is 0. The molecule has 0 unspecified atom stereocenters. The van der Waals surface area contributed by atoms with E-state index < -0.39 is 0 Å². The predicted molar refractivity (Wildman–Crippen MR) is 82.0 cm³/mol. The minimum atomic E-state index is -0.257. The molecule has 1 aliphatic rings. The number of rotatable bonds is 3. The predicted octanol–water partition coefficient (Wildman–Crippen LogP) is 2.01. The SMILES string of the molecule is CN=C(Nc1sc2c(c1C=O)CCC2)C(=O)NC(C)C. The highest BCUT2D eigenvalue weighted by atomic mass is 32.1. The highest BCUT2D eigenvalue weighted by Gasteiger charge is 2.23. The molecule has 1 heterocycles. The molecular formula is C14H19N3O2S. The number of aryl methyl sites for hydroxylation is 1. The van der Waals surface area contributed by atoms with Crippen molar-refractivity contribution in [2.75, 3.05) is 12.4 Å². The summed E-state index contributed by atoms with van der Waals surface area (Å²) in [6, 6.07) is 0.0416. The lowest BCUT2D eigenvalue weighted by molar-refractivity contribution is -0.115. The maximum absolute atomic E-state index is 12.0. The molecular weight excluding hydrogens is 274 g/mol. The Bertz CT molecular complexity index is 561. The number of aldehydes is 1.